The van der Waals surface area contributed by atoms with E-state index in [4.69, 9.17) is 17.0 Å². The van der Waals surface area contributed by atoms with Crippen LogP contribution in [0.25, 0.3) is 0 Å². The minimum absolute atomic E-state index is 0.594. The van der Waals surface area contributed by atoms with E-state index in [-0.39, 0.29) is 0 Å². The van der Waals surface area contributed by atoms with Gasteiger partial charge in [0.1, 0.15) is 11.5 Å². The summed E-state index contributed by atoms with van der Waals surface area (Å²) in [6.07, 6.45) is 0. The van der Waals surface area contributed by atoms with E-state index < -0.39 is 0 Å². The smallest absolute Gasteiger partial charge is 0.171 e. The van der Waals surface area contributed by atoms with Gasteiger partial charge in [0.15, 0.2) is 5.11 Å². The van der Waals surface area contributed by atoms with Crippen molar-refractivity contribution in [3.05, 3.63) is 90.0 Å². The Morgan fingerprint density at radius 1 is 0.840 bits per heavy atom. The highest BCUT2D eigenvalue weighted by Crippen LogP contribution is 2.23. The summed E-state index contributed by atoms with van der Waals surface area (Å²) >= 11 is 5.33. The van der Waals surface area contributed by atoms with Gasteiger partial charge in [-0.2, -0.15) is 0 Å². The number of rotatable bonds is 5. The third-order valence-electron chi connectivity index (χ3n) is 3.66. The SMILES string of the molecule is Cc1ccc(Oc2ccc(NC(=S)NCc3ccccc3)cc2)cc1. The van der Waals surface area contributed by atoms with Gasteiger partial charge in [0.05, 0.1) is 0 Å². The first-order valence-corrected chi connectivity index (χ1v) is 8.53. The molecular formula is C21H20N2OS. The number of nitrogens with one attached hydrogen (secondary N) is 2. The summed E-state index contributed by atoms with van der Waals surface area (Å²) < 4.78 is 5.82. The molecule has 0 heterocycles. The van der Waals surface area contributed by atoms with Crippen LogP contribution in [-0.2, 0) is 6.54 Å². The minimum atomic E-state index is 0.594. The van der Waals surface area contributed by atoms with Crippen LogP contribution in [0.15, 0.2) is 78.9 Å². The molecule has 25 heavy (non-hydrogen) atoms. The first kappa shape index (κ1) is 17.0. The minimum Gasteiger partial charge on any atom is -0.457 e. The highest BCUT2D eigenvalue weighted by Gasteiger charge is 2.00. The maximum Gasteiger partial charge on any atom is 0.171 e. The highest BCUT2D eigenvalue weighted by molar-refractivity contribution is 7.80. The molecule has 0 saturated carbocycles. The first-order valence-electron chi connectivity index (χ1n) is 8.12. The van der Waals surface area contributed by atoms with E-state index in [0.717, 1.165) is 17.2 Å². The maximum absolute atomic E-state index is 5.82. The fourth-order valence-corrected chi connectivity index (χ4v) is 2.49. The van der Waals surface area contributed by atoms with Gasteiger partial charge in [0.25, 0.3) is 0 Å². The van der Waals surface area contributed by atoms with Crippen LogP contribution in [-0.4, -0.2) is 5.11 Å². The molecule has 0 amide bonds. The number of thiocarbonyl (C=S) groups is 1. The maximum atomic E-state index is 5.82. The number of hydrogen-bond donors (Lipinski definition) is 2. The average molecular weight is 348 g/mol. The Morgan fingerprint density at radius 2 is 1.44 bits per heavy atom. The molecule has 3 nitrogen and oxygen atoms in total. The van der Waals surface area contributed by atoms with Crippen molar-refractivity contribution in [3.8, 4) is 11.5 Å². The Hall–Kier alpha value is -2.85. The number of ether oxygens (including phenoxy) is 1. The summed E-state index contributed by atoms with van der Waals surface area (Å²) in [5.41, 5.74) is 3.32. The third kappa shape index (κ3) is 5.33. The predicted molar refractivity (Wildman–Crippen MR) is 107 cm³/mol. The molecule has 3 aromatic carbocycles. The Labute approximate surface area is 153 Å². The van der Waals surface area contributed by atoms with Crippen molar-refractivity contribution in [1.29, 1.82) is 0 Å². The van der Waals surface area contributed by atoms with Crippen molar-refractivity contribution in [1.82, 2.24) is 5.32 Å². The Morgan fingerprint density at radius 3 is 2.08 bits per heavy atom. The molecule has 0 bridgehead atoms. The number of benzene rings is 3. The lowest BCUT2D eigenvalue weighted by Gasteiger charge is -2.11. The first-order chi connectivity index (χ1) is 12.2. The predicted octanol–water partition coefficient (Wildman–Crippen LogP) is 5.27. The van der Waals surface area contributed by atoms with Crippen molar-refractivity contribution in [2.24, 2.45) is 0 Å². The van der Waals surface area contributed by atoms with Crippen molar-refractivity contribution in [3.63, 3.8) is 0 Å². The van der Waals surface area contributed by atoms with Gasteiger partial charge >= 0.3 is 0 Å². The molecule has 0 aromatic heterocycles. The van der Waals surface area contributed by atoms with Crippen molar-refractivity contribution in [2.45, 2.75) is 13.5 Å². The molecule has 0 unspecified atom stereocenters. The van der Waals surface area contributed by atoms with Gasteiger partial charge in [0, 0.05) is 12.2 Å². The Kier molecular flexibility index (Phi) is 5.65. The molecule has 0 aliphatic carbocycles. The molecular weight excluding hydrogens is 328 g/mol. The van der Waals surface area contributed by atoms with Crippen LogP contribution in [0.5, 0.6) is 11.5 Å². The van der Waals surface area contributed by atoms with Crippen LogP contribution in [0.3, 0.4) is 0 Å². The summed E-state index contributed by atoms with van der Waals surface area (Å²) in [5, 5.41) is 6.97. The van der Waals surface area contributed by atoms with Gasteiger partial charge in [-0.15, -0.1) is 0 Å². The molecule has 0 radical (unpaired) electrons. The molecule has 0 saturated heterocycles. The zero-order valence-corrected chi connectivity index (χ0v) is 14.8. The largest absolute Gasteiger partial charge is 0.457 e. The van der Waals surface area contributed by atoms with Crippen LogP contribution >= 0.6 is 12.2 Å². The van der Waals surface area contributed by atoms with E-state index in [1.807, 2.05) is 66.7 Å². The molecule has 0 aliphatic heterocycles. The molecule has 0 fully saturated rings. The van der Waals surface area contributed by atoms with E-state index in [1.165, 1.54) is 11.1 Å². The zero-order valence-electron chi connectivity index (χ0n) is 14.0. The second kappa shape index (κ2) is 8.31. The topological polar surface area (TPSA) is 33.3 Å². The summed E-state index contributed by atoms with van der Waals surface area (Å²) in [6.45, 7) is 2.75. The van der Waals surface area contributed by atoms with Gasteiger partial charge in [-0.05, 0) is 61.1 Å². The fraction of sp³-hybridized carbons (Fsp3) is 0.0952. The van der Waals surface area contributed by atoms with E-state index in [1.54, 1.807) is 0 Å². The van der Waals surface area contributed by atoms with E-state index >= 15 is 0 Å². The molecule has 3 rings (SSSR count). The molecule has 2 N–H and O–H groups in total. The Bertz CT molecular complexity index is 815. The van der Waals surface area contributed by atoms with Crippen molar-refractivity contribution < 1.29 is 4.74 Å². The van der Waals surface area contributed by atoms with E-state index in [0.29, 0.717) is 11.7 Å². The quantitative estimate of drug-likeness (QED) is 0.615. The van der Waals surface area contributed by atoms with Crippen LogP contribution < -0.4 is 15.4 Å². The lowest BCUT2D eigenvalue weighted by Crippen LogP contribution is -2.27. The normalized spacial score (nSPS) is 10.1. The molecule has 4 heteroatoms. The van der Waals surface area contributed by atoms with Gasteiger partial charge in [-0.3, -0.25) is 0 Å². The fourth-order valence-electron chi connectivity index (χ4n) is 2.30. The Balaban J connectivity index is 1.51. The lowest BCUT2D eigenvalue weighted by atomic mass is 10.2. The van der Waals surface area contributed by atoms with Gasteiger partial charge in [0.2, 0.25) is 0 Å². The number of anilines is 1. The molecule has 126 valence electrons. The number of aryl methyl sites for hydroxylation is 1. The lowest BCUT2D eigenvalue weighted by molar-refractivity contribution is 0.482. The summed E-state index contributed by atoms with van der Waals surface area (Å²) in [5.74, 6) is 1.61. The third-order valence-corrected chi connectivity index (χ3v) is 3.91. The van der Waals surface area contributed by atoms with Crippen LogP contribution in [0.4, 0.5) is 5.69 Å². The average Bonchev–Trinajstić information content (AvgIpc) is 2.64. The summed E-state index contributed by atoms with van der Waals surface area (Å²) in [6, 6.07) is 25.9. The summed E-state index contributed by atoms with van der Waals surface area (Å²) in [7, 11) is 0. The summed E-state index contributed by atoms with van der Waals surface area (Å²) in [4.78, 5) is 0. The monoisotopic (exact) mass is 348 g/mol. The second-order valence-electron chi connectivity index (χ2n) is 5.73. The number of hydrogen-bond acceptors (Lipinski definition) is 2. The highest BCUT2D eigenvalue weighted by atomic mass is 32.1. The van der Waals surface area contributed by atoms with Gasteiger partial charge in [-0.1, -0.05) is 48.0 Å². The van der Waals surface area contributed by atoms with Crippen LogP contribution in [0.2, 0.25) is 0 Å². The van der Waals surface area contributed by atoms with Gasteiger partial charge in [-0.25, -0.2) is 0 Å². The van der Waals surface area contributed by atoms with Crippen molar-refractivity contribution in [2.75, 3.05) is 5.32 Å². The molecule has 0 aliphatic rings. The zero-order chi connectivity index (χ0) is 17.5. The van der Waals surface area contributed by atoms with Crippen LogP contribution in [0.1, 0.15) is 11.1 Å². The van der Waals surface area contributed by atoms with Crippen LogP contribution in [0, 0.1) is 6.92 Å². The molecule has 0 atom stereocenters. The molecule has 0 spiro atoms. The molecule has 3 aromatic rings. The standard InChI is InChI=1S/C21H20N2OS/c1-16-7-11-19(12-8-16)24-20-13-9-18(10-14-20)23-21(25)22-15-17-5-3-2-4-6-17/h2-14H,15H2,1H3,(H2,22,23,25). The van der Waals surface area contributed by atoms with E-state index in [9.17, 15) is 0 Å². The van der Waals surface area contributed by atoms with Crippen molar-refractivity contribution >= 4 is 23.0 Å². The van der Waals surface area contributed by atoms with E-state index in [2.05, 4.69) is 29.7 Å². The van der Waals surface area contributed by atoms with Gasteiger partial charge < -0.3 is 15.4 Å². The second-order valence-corrected chi connectivity index (χ2v) is 6.14.